The summed E-state index contributed by atoms with van der Waals surface area (Å²) in [4.78, 5) is 24.3. The largest absolute Gasteiger partial charge is 0.309 e. The molecule has 0 saturated carbocycles. The highest BCUT2D eigenvalue weighted by Gasteiger charge is 2.37. The second-order valence-corrected chi connectivity index (χ2v) is 42.7. The minimum absolute atomic E-state index is 0.549. The van der Waals surface area contributed by atoms with E-state index in [4.69, 9.17) is 19.9 Å². The fourth-order valence-corrected chi connectivity index (χ4v) is 28.3. The summed E-state index contributed by atoms with van der Waals surface area (Å²) in [6, 6.07) is 177. The molecule has 0 aliphatic carbocycles. The van der Waals surface area contributed by atoms with E-state index in [1.807, 2.05) is 498 Å². The topological polar surface area (TPSA) is 133 Å². The zero-order chi connectivity index (χ0) is 91.2. The van der Waals surface area contributed by atoms with Gasteiger partial charge in [0.05, 0.1) is 34.2 Å². The minimum atomic E-state index is -3.23. The van der Waals surface area contributed by atoms with Crippen molar-refractivity contribution in [2.45, 2.75) is 0 Å². The maximum Gasteiger partial charge on any atom is 0.171 e. The van der Waals surface area contributed by atoms with Gasteiger partial charge in [-0.2, -0.15) is 0 Å². The second-order valence-electron chi connectivity index (χ2n) is 31.8. The van der Waals surface area contributed by atoms with Gasteiger partial charge in [0.1, 0.15) is 0 Å². The van der Waals surface area contributed by atoms with E-state index < -0.39 is 28.6 Å². The van der Waals surface area contributed by atoms with Crippen molar-refractivity contribution in [2.75, 3.05) is 0 Å². The van der Waals surface area contributed by atoms with Gasteiger partial charge in [-0.15, -0.1) is 0 Å². The zero-order valence-electron chi connectivity index (χ0n) is 73.2. The Hall–Kier alpha value is -15.8. The van der Waals surface area contributed by atoms with Gasteiger partial charge in [0.25, 0.3) is 0 Å². The lowest BCUT2D eigenvalue weighted by Crippen LogP contribution is -2.26. The van der Waals surface area contributed by atoms with E-state index in [0.717, 1.165) is 159 Å². The number of nitrogens with zero attached hydrogens (tertiary/aromatic N) is 5. The molecule has 4 heterocycles. The fourth-order valence-electron chi connectivity index (χ4n) is 16.8. The third-order valence-corrected chi connectivity index (χ3v) is 35.9. The molecule has 0 radical (unpaired) electrons. The molecule has 644 valence electrons. The summed E-state index contributed by atoms with van der Waals surface area (Å²) in [5.41, 5.74) is 15.9. The molecule has 0 saturated heterocycles. The van der Waals surface area contributed by atoms with Crippen LogP contribution in [-0.2, 0) is 18.3 Å². The Balaban J connectivity index is 0.000000120. The third-order valence-electron chi connectivity index (χ3n) is 23.4. The summed E-state index contributed by atoms with van der Waals surface area (Å²) >= 11 is 0. The summed E-state index contributed by atoms with van der Waals surface area (Å²) in [5, 5.41) is 9.69. The van der Waals surface area contributed by atoms with Crippen LogP contribution in [0.1, 0.15) is 0 Å². The van der Waals surface area contributed by atoms with E-state index in [0.29, 0.717) is 5.82 Å². The average molecular weight is 1800 g/mol. The summed E-state index contributed by atoms with van der Waals surface area (Å²) in [7, 11) is -12.5. The standard InChI is InChI=1S/C34H25N2OP.3C29H22NOP/c37-38(28-19-9-3-10-20-28,29-21-11-4-12-22-29)33-24-14-13-23-30(33)34-35-31(26-15-5-1-6-16-26)25-32(36-34)27-17-7-2-8-18-27;31-32(24-15-6-2-7-16-24,25-17-8-3-9-18-25)29-22-11-10-19-26(29)28-21-12-20-27(30-28)23-13-4-1-5-14-23;31-32(25-14-6-2-7-15-25,26-16-8-3-9-17-26)29-19-11-10-18-27(29)24-20-21-30-28(22-24)23-12-4-1-5-13-23;31-32(25-14-6-2-7-15-25,26-16-8-3-9-17-26)29-19-11-10-18-27(29)24-20-21-28(30-22-24)23-12-4-1-5-13-23/h1-25H;3*1-22H. The highest BCUT2D eigenvalue weighted by molar-refractivity contribution is 7.87. The minimum Gasteiger partial charge on any atom is -0.309 e. The average Bonchev–Trinajstić information content (AvgIpc) is 0.754. The molecule has 0 spiro atoms. The van der Waals surface area contributed by atoms with Crippen LogP contribution in [0.15, 0.2) is 552 Å². The van der Waals surface area contributed by atoms with E-state index >= 15 is 4.57 Å². The Morgan fingerprint density at radius 3 is 0.731 bits per heavy atom. The van der Waals surface area contributed by atoms with Gasteiger partial charge in [-0.3, -0.25) is 9.97 Å². The number of hydrogen-bond acceptors (Lipinski definition) is 9. The summed E-state index contributed by atoms with van der Waals surface area (Å²) < 4.78 is 60.0. The fraction of sp³-hybridized carbons (Fsp3) is 0. The molecule has 17 aromatic carbocycles. The van der Waals surface area contributed by atoms with E-state index in [-0.39, 0.29) is 0 Å². The van der Waals surface area contributed by atoms with Gasteiger partial charge in [0, 0.05) is 121 Å². The quantitative estimate of drug-likeness (QED) is 0.0645. The van der Waals surface area contributed by atoms with Crippen molar-refractivity contribution in [2.24, 2.45) is 0 Å². The van der Waals surface area contributed by atoms with Gasteiger partial charge in [-0.05, 0) is 53.1 Å². The van der Waals surface area contributed by atoms with Crippen LogP contribution in [0.3, 0.4) is 0 Å². The summed E-state index contributed by atoms with van der Waals surface area (Å²) in [6.45, 7) is 0. The van der Waals surface area contributed by atoms with Crippen molar-refractivity contribution in [3.05, 3.63) is 552 Å². The molecule has 0 atom stereocenters. The van der Waals surface area contributed by atoms with E-state index in [2.05, 4.69) is 59.6 Å². The van der Waals surface area contributed by atoms with Crippen LogP contribution in [0.5, 0.6) is 0 Å². The monoisotopic (exact) mass is 1800 g/mol. The van der Waals surface area contributed by atoms with Crippen LogP contribution < -0.4 is 63.7 Å². The van der Waals surface area contributed by atoms with Crippen molar-refractivity contribution in [3.63, 3.8) is 0 Å². The maximum atomic E-state index is 15.3. The maximum absolute atomic E-state index is 15.3. The van der Waals surface area contributed by atoms with Crippen LogP contribution in [-0.4, -0.2) is 24.9 Å². The van der Waals surface area contributed by atoms with Gasteiger partial charge in [-0.25, -0.2) is 15.0 Å². The Labute approximate surface area is 783 Å². The predicted octanol–water partition coefficient (Wildman–Crippen LogP) is 25.3. The SMILES string of the molecule is O=P(c1ccccc1)(c1ccccc1)c1ccccc1-c1ccc(-c2ccccc2)nc1.O=P(c1ccccc1)(c1ccccc1)c1ccccc1-c1cccc(-c2ccccc2)n1.O=P(c1ccccc1)(c1ccccc1)c1ccccc1-c1ccnc(-c2ccccc2)c1.O=P(c1ccccc1)(c1ccccc1)c1ccccc1-c1nc(-c2ccccc2)cc(-c2ccccc2)n1. The Bertz CT molecular complexity index is 7240. The molecule has 0 N–H and O–H groups in total. The van der Waals surface area contributed by atoms with Crippen molar-refractivity contribution < 1.29 is 18.3 Å². The molecule has 0 amide bonds. The molecular formula is C121H91N5O4P4. The molecule has 9 nitrogen and oxygen atoms in total. The lowest BCUT2D eigenvalue weighted by atomic mass is 10.0. The molecule has 4 aromatic heterocycles. The van der Waals surface area contributed by atoms with Crippen LogP contribution in [0.4, 0.5) is 0 Å². The normalized spacial score (nSPS) is 11.3. The van der Waals surface area contributed by atoms with Gasteiger partial charge < -0.3 is 18.3 Å². The van der Waals surface area contributed by atoms with E-state index in [9.17, 15) is 13.7 Å². The zero-order valence-corrected chi connectivity index (χ0v) is 76.8. The number of benzene rings is 17. The Morgan fingerprint density at radius 1 is 0.149 bits per heavy atom. The first-order valence-corrected chi connectivity index (χ1v) is 51.2. The Kier molecular flexibility index (Phi) is 27.8. The van der Waals surface area contributed by atoms with Crippen molar-refractivity contribution in [3.8, 4) is 101 Å². The van der Waals surface area contributed by atoms with Crippen LogP contribution in [0.25, 0.3) is 101 Å². The molecule has 21 rings (SSSR count). The number of hydrogen-bond donors (Lipinski definition) is 0. The molecule has 0 bridgehead atoms. The van der Waals surface area contributed by atoms with Gasteiger partial charge in [0.2, 0.25) is 0 Å². The number of pyridine rings is 3. The summed E-state index contributed by atoms with van der Waals surface area (Å²) in [6.07, 6.45) is 3.70. The van der Waals surface area contributed by atoms with Gasteiger partial charge >= 0.3 is 0 Å². The van der Waals surface area contributed by atoms with E-state index in [1.54, 1.807) is 0 Å². The first-order chi connectivity index (χ1) is 66.0. The van der Waals surface area contributed by atoms with Gasteiger partial charge in [-0.1, -0.05) is 504 Å². The van der Waals surface area contributed by atoms with Crippen LogP contribution in [0.2, 0.25) is 0 Å². The second kappa shape index (κ2) is 42.0. The van der Waals surface area contributed by atoms with Crippen LogP contribution in [0, 0.1) is 0 Å². The smallest absolute Gasteiger partial charge is 0.171 e. The molecule has 134 heavy (non-hydrogen) atoms. The highest BCUT2D eigenvalue weighted by Crippen LogP contribution is 2.50. The molecule has 21 aromatic rings. The van der Waals surface area contributed by atoms with Gasteiger partial charge in [0.15, 0.2) is 34.4 Å². The Morgan fingerprint density at radius 2 is 0.403 bits per heavy atom. The highest BCUT2D eigenvalue weighted by atomic mass is 31.2. The summed E-state index contributed by atoms with van der Waals surface area (Å²) in [5.74, 6) is 0.549. The van der Waals surface area contributed by atoms with E-state index in [1.165, 1.54) is 0 Å². The molecule has 0 aliphatic heterocycles. The first kappa shape index (κ1) is 88.8. The van der Waals surface area contributed by atoms with Crippen molar-refractivity contribution in [1.29, 1.82) is 0 Å². The molecule has 0 unspecified atom stereocenters. The first-order valence-electron chi connectivity index (χ1n) is 44.3. The molecule has 0 aliphatic rings. The lowest BCUT2D eigenvalue weighted by Gasteiger charge is -2.23. The molecule has 13 heteroatoms. The predicted molar refractivity (Wildman–Crippen MR) is 561 cm³/mol. The van der Waals surface area contributed by atoms with Crippen molar-refractivity contribution >= 4 is 92.2 Å². The third kappa shape index (κ3) is 19.4. The lowest BCUT2D eigenvalue weighted by molar-refractivity contribution is 0.591. The van der Waals surface area contributed by atoms with Crippen molar-refractivity contribution in [1.82, 2.24) is 24.9 Å². The molecule has 0 fully saturated rings. The number of rotatable bonds is 21. The number of aromatic nitrogens is 5. The van der Waals surface area contributed by atoms with Crippen LogP contribution >= 0.6 is 28.6 Å². The molecular weight excluding hydrogens is 1710 g/mol.